The predicted molar refractivity (Wildman–Crippen MR) is 240 cm³/mol. The number of nitrogens with zero attached hydrogens (tertiary/aromatic N) is 2. The number of benzene rings is 3. The van der Waals surface area contributed by atoms with Gasteiger partial charge in [-0.2, -0.15) is 0 Å². The number of β-amino-alcohol motifs (C(OH)–C–C–N with tert-alkyl or cyclic N) is 1. The van der Waals surface area contributed by atoms with E-state index < -0.39 is 29.5 Å². The lowest BCUT2D eigenvalue weighted by Crippen LogP contribution is -2.57. The molecule has 0 unspecified atom stereocenters. The SMILES string of the molecule is CCCNNC(=O)c1ccc(-c2ccc(NC(=O)CCCCCCC(=O)N[C@H](C(=O)N3C[C@@H](O)C[C@@H]3C(=O)N[C@@H](C)c3ccc(-c4scnc4C)cc3)C(C)(C)C)cc2)cc1. The van der Waals surface area contributed by atoms with Gasteiger partial charge in [0, 0.05) is 43.6 Å². The van der Waals surface area contributed by atoms with Crippen molar-refractivity contribution in [3.63, 3.8) is 0 Å². The molecule has 14 heteroatoms. The average molecular weight is 852 g/mol. The van der Waals surface area contributed by atoms with Crippen LogP contribution in [0.3, 0.4) is 0 Å². The minimum atomic E-state index is -0.898. The second-order valence-corrected chi connectivity index (χ2v) is 17.7. The van der Waals surface area contributed by atoms with E-state index in [0.29, 0.717) is 37.1 Å². The maximum atomic E-state index is 14.0. The maximum Gasteiger partial charge on any atom is 0.265 e. The molecule has 1 aromatic heterocycles. The van der Waals surface area contributed by atoms with E-state index in [-0.39, 0.29) is 49.1 Å². The Labute approximate surface area is 363 Å². The Balaban J connectivity index is 1.03. The highest BCUT2D eigenvalue weighted by Crippen LogP contribution is 2.30. The molecule has 0 radical (unpaired) electrons. The molecule has 61 heavy (non-hydrogen) atoms. The first-order chi connectivity index (χ1) is 29.1. The van der Waals surface area contributed by atoms with Crippen LogP contribution < -0.4 is 26.8 Å². The number of carbonyl (C=O) groups excluding carboxylic acids is 5. The lowest BCUT2D eigenvalue weighted by atomic mass is 9.85. The van der Waals surface area contributed by atoms with Gasteiger partial charge in [-0.1, -0.05) is 89.1 Å². The molecule has 326 valence electrons. The first kappa shape index (κ1) is 46.6. The number of amides is 5. The monoisotopic (exact) mass is 851 g/mol. The van der Waals surface area contributed by atoms with E-state index >= 15 is 0 Å². The number of likely N-dealkylation sites (tertiary alicyclic amines) is 1. The van der Waals surface area contributed by atoms with Gasteiger partial charge in [-0.05, 0) is 85.0 Å². The fourth-order valence-electron chi connectivity index (χ4n) is 7.30. The van der Waals surface area contributed by atoms with Crippen LogP contribution in [-0.2, 0) is 19.2 Å². The molecule has 0 spiro atoms. The van der Waals surface area contributed by atoms with Crippen LogP contribution in [0.1, 0.15) is 114 Å². The Hall–Kier alpha value is -5.44. The van der Waals surface area contributed by atoms with E-state index in [9.17, 15) is 29.1 Å². The molecule has 1 saturated heterocycles. The normalized spacial score (nSPS) is 16.1. The van der Waals surface area contributed by atoms with Gasteiger partial charge >= 0.3 is 0 Å². The third-order valence-corrected chi connectivity index (χ3v) is 11.8. The van der Waals surface area contributed by atoms with E-state index in [0.717, 1.165) is 52.1 Å². The highest BCUT2D eigenvalue weighted by molar-refractivity contribution is 7.13. The fourth-order valence-corrected chi connectivity index (χ4v) is 8.11. The Morgan fingerprint density at radius 2 is 1.44 bits per heavy atom. The minimum absolute atomic E-state index is 0.00394. The topological polar surface area (TPSA) is 182 Å². The highest BCUT2D eigenvalue weighted by Gasteiger charge is 2.44. The van der Waals surface area contributed by atoms with Crippen molar-refractivity contribution in [2.75, 3.05) is 18.4 Å². The molecule has 0 aliphatic carbocycles. The summed E-state index contributed by atoms with van der Waals surface area (Å²) in [6.45, 7) is 12.2. The van der Waals surface area contributed by atoms with Crippen LogP contribution in [0.2, 0.25) is 0 Å². The van der Waals surface area contributed by atoms with E-state index in [4.69, 9.17) is 0 Å². The van der Waals surface area contributed by atoms with Gasteiger partial charge in [0.1, 0.15) is 12.1 Å². The molecule has 0 saturated carbocycles. The summed E-state index contributed by atoms with van der Waals surface area (Å²) in [5.41, 5.74) is 12.8. The molecule has 4 aromatic rings. The van der Waals surface area contributed by atoms with Gasteiger partial charge in [0.05, 0.1) is 28.2 Å². The Morgan fingerprint density at radius 1 is 0.836 bits per heavy atom. The van der Waals surface area contributed by atoms with E-state index in [2.05, 4.69) is 31.8 Å². The number of anilines is 1. The molecule has 1 aliphatic rings. The zero-order valence-electron chi connectivity index (χ0n) is 36.2. The summed E-state index contributed by atoms with van der Waals surface area (Å²) in [6, 6.07) is 20.7. The first-order valence-corrected chi connectivity index (χ1v) is 22.1. The van der Waals surface area contributed by atoms with Crippen LogP contribution in [-0.4, -0.2) is 75.8 Å². The average Bonchev–Trinajstić information content (AvgIpc) is 3.86. The molecule has 4 atom stereocenters. The van der Waals surface area contributed by atoms with Gasteiger partial charge in [0.2, 0.25) is 23.6 Å². The number of hydrogen-bond acceptors (Lipinski definition) is 9. The molecule has 1 fully saturated rings. The largest absolute Gasteiger partial charge is 0.391 e. The van der Waals surface area contributed by atoms with Gasteiger partial charge in [-0.3, -0.25) is 29.4 Å². The van der Waals surface area contributed by atoms with Gasteiger partial charge < -0.3 is 26.0 Å². The second-order valence-electron chi connectivity index (χ2n) is 16.9. The van der Waals surface area contributed by atoms with E-state index in [1.54, 1.807) is 23.5 Å². The maximum absolute atomic E-state index is 14.0. The van der Waals surface area contributed by atoms with Gasteiger partial charge in [-0.25, -0.2) is 10.4 Å². The van der Waals surface area contributed by atoms with E-state index in [1.807, 2.05) is 108 Å². The summed E-state index contributed by atoms with van der Waals surface area (Å²) in [4.78, 5) is 72.6. The predicted octanol–water partition coefficient (Wildman–Crippen LogP) is 7.08. The number of carbonyl (C=O) groups is 5. The number of thiazole rings is 1. The molecule has 6 N–H and O–H groups in total. The quantitative estimate of drug-likeness (QED) is 0.0428. The Morgan fingerprint density at radius 3 is 2.03 bits per heavy atom. The minimum Gasteiger partial charge on any atom is -0.391 e. The smallest absolute Gasteiger partial charge is 0.265 e. The van der Waals surface area contributed by atoms with E-state index in [1.165, 1.54) is 4.90 Å². The molecule has 3 aromatic carbocycles. The number of aliphatic hydroxyl groups is 1. The van der Waals surface area contributed by atoms with Crippen molar-refractivity contribution in [1.82, 2.24) is 31.4 Å². The zero-order valence-corrected chi connectivity index (χ0v) is 37.0. The van der Waals surface area contributed by atoms with Gasteiger partial charge in [-0.15, -0.1) is 11.3 Å². The lowest BCUT2D eigenvalue weighted by molar-refractivity contribution is -0.144. The van der Waals surface area contributed by atoms with Crippen LogP contribution in [0.15, 0.2) is 78.3 Å². The Kier molecular flexibility index (Phi) is 16.7. The van der Waals surface area contributed by atoms with Crippen molar-refractivity contribution in [2.24, 2.45) is 5.41 Å². The van der Waals surface area contributed by atoms with Crippen molar-refractivity contribution < 1.29 is 29.1 Å². The van der Waals surface area contributed by atoms with Gasteiger partial charge in [0.25, 0.3) is 5.91 Å². The second kappa shape index (κ2) is 21.9. The number of aliphatic hydroxyl groups excluding tert-OH is 1. The molecule has 5 amide bonds. The van der Waals surface area contributed by atoms with Crippen molar-refractivity contribution >= 4 is 46.6 Å². The molecule has 0 bridgehead atoms. The number of hydrogen-bond donors (Lipinski definition) is 6. The van der Waals surface area contributed by atoms with Crippen molar-refractivity contribution in [3.8, 4) is 21.6 Å². The van der Waals surface area contributed by atoms with Crippen molar-refractivity contribution in [1.29, 1.82) is 0 Å². The Bertz CT molecular complexity index is 2100. The molecule has 1 aliphatic heterocycles. The zero-order chi connectivity index (χ0) is 44.1. The van der Waals surface area contributed by atoms with Crippen LogP contribution in [0, 0.1) is 12.3 Å². The summed E-state index contributed by atoms with van der Waals surface area (Å²) in [5, 5.41) is 19.5. The first-order valence-electron chi connectivity index (χ1n) is 21.3. The number of aryl methyl sites for hydroxylation is 1. The fraction of sp³-hybridized carbons (Fsp3) is 0.447. The summed E-state index contributed by atoms with van der Waals surface area (Å²) >= 11 is 1.58. The third-order valence-electron chi connectivity index (χ3n) is 10.8. The third kappa shape index (κ3) is 13.3. The number of rotatable bonds is 19. The number of hydrazine groups is 1. The summed E-state index contributed by atoms with van der Waals surface area (Å²) in [6.07, 6.45) is 3.50. The van der Waals surface area contributed by atoms with Crippen molar-refractivity contribution in [2.45, 2.75) is 117 Å². The lowest BCUT2D eigenvalue weighted by Gasteiger charge is -2.35. The standard InChI is InChI=1S/C47H61N7O6S/c1-7-26-49-53-44(58)36-20-16-33(17-21-36)34-22-24-37(25-23-34)51-40(56)12-10-8-9-11-13-41(57)52-43(47(4,5)6)46(60)54-28-38(55)27-39(54)45(59)50-30(2)32-14-18-35(19-15-32)42-31(3)48-29-61-42/h14-25,29-30,38-39,43,49,55H,7-13,26-28H2,1-6H3,(H,50,59)(H,51,56)(H,52,57)(H,53,58)/t30-,38-,39+,43+/m0/s1. The van der Waals surface area contributed by atoms with Crippen LogP contribution >= 0.6 is 11.3 Å². The molecule has 2 heterocycles. The van der Waals surface area contributed by atoms with Crippen LogP contribution in [0.5, 0.6) is 0 Å². The van der Waals surface area contributed by atoms with Crippen molar-refractivity contribution in [3.05, 3.63) is 95.1 Å². The number of nitrogens with one attached hydrogen (secondary N) is 5. The summed E-state index contributed by atoms with van der Waals surface area (Å²) in [7, 11) is 0. The van der Waals surface area contributed by atoms with Gasteiger partial charge in [0.15, 0.2) is 0 Å². The molecule has 5 rings (SSSR count). The van der Waals surface area contributed by atoms with Crippen LogP contribution in [0.4, 0.5) is 5.69 Å². The molecular formula is C47H61N7O6S. The highest BCUT2D eigenvalue weighted by atomic mass is 32.1. The summed E-state index contributed by atoms with van der Waals surface area (Å²) in [5.74, 6) is -1.29. The number of unbranched alkanes of at least 4 members (excludes halogenated alkanes) is 3. The van der Waals surface area contributed by atoms with Crippen LogP contribution in [0.25, 0.3) is 21.6 Å². The molecule has 13 nitrogen and oxygen atoms in total. The summed E-state index contributed by atoms with van der Waals surface area (Å²) < 4.78 is 0. The molecular weight excluding hydrogens is 791 g/mol. The number of aromatic nitrogens is 1.